The van der Waals surface area contributed by atoms with Crippen molar-refractivity contribution in [1.82, 2.24) is 15.4 Å². The Bertz CT molecular complexity index is 1510. The summed E-state index contributed by atoms with van der Waals surface area (Å²) in [5.41, 5.74) is 7.17. The van der Waals surface area contributed by atoms with Crippen LogP contribution in [0.4, 0.5) is 0 Å². The predicted octanol–water partition coefficient (Wildman–Crippen LogP) is 6.67. The monoisotopic (exact) mass is 494 g/mol. The fourth-order valence-electron chi connectivity index (χ4n) is 7.64. The van der Waals surface area contributed by atoms with Crippen LogP contribution in [0.1, 0.15) is 60.1 Å². The van der Waals surface area contributed by atoms with E-state index >= 15 is 0 Å². The van der Waals surface area contributed by atoms with Gasteiger partial charge in [-0.3, -0.25) is 9.78 Å². The van der Waals surface area contributed by atoms with Crippen molar-refractivity contribution >= 4 is 45.5 Å². The van der Waals surface area contributed by atoms with Crippen LogP contribution in [-0.2, 0) is 5.41 Å². The Morgan fingerprint density at radius 3 is 2.47 bits per heavy atom. The average Bonchev–Trinajstić information content (AvgIpc) is 2.87. The first-order valence-electron chi connectivity index (χ1n) is 12.8. The SMILES string of the molecule is O=C(N/N=C/c1ccnc2cc(Cl)ccc12)c1cc(C23CC4CC(CC(C4)C2)C3)c2ccccc2n1. The summed E-state index contributed by atoms with van der Waals surface area (Å²) in [4.78, 5) is 22.4. The number of fused-ring (bicyclic) bond motifs is 2. The van der Waals surface area contributed by atoms with Crippen LogP contribution in [0.2, 0.25) is 5.02 Å². The highest BCUT2D eigenvalue weighted by Crippen LogP contribution is 2.61. The predicted molar refractivity (Wildman–Crippen MR) is 143 cm³/mol. The van der Waals surface area contributed by atoms with Gasteiger partial charge in [-0.25, -0.2) is 10.4 Å². The molecule has 4 saturated carbocycles. The molecule has 2 heterocycles. The molecule has 36 heavy (non-hydrogen) atoms. The van der Waals surface area contributed by atoms with Crippen molar-refractivity contribution in [2.75, 3.05) is 0 Å². The van der Waals surface area contributed by atoms with Crippen molar-refractivity contribution in [2.45, 2.75) is 43.9 Å². The van der Waals surface area contributed by atoms with Gasteiger partial charge < -0.3 is 0 Å². The first kappa shape index (κ1) is 21.9. The number of carbonyl (C=O) groups excluding carboxylic acids is 1. The highest BCUT2D eigenvalue weighted by molar-refractivity contribution is 6.31. The quantitative estimate of drug-likeness (QED) is 0.254. The summed E-state index contributed by atoms with van der Waals surface area (Å²) in [5.74, 6) is 2.20. The molecule has 180 valence electrons. The molecule has 0 radical (unpaired) electrons. The summed E-state index contributed by atoms with van der Waals surface area (Å²) in [6.45, 7) is 0. The highest BCUT2D eigenvalue weighted by atomic mass is 35.5. The van der Waals surface area contributed by atoms with E-state index in [-0.39, 0.29) is 11.3 Å². The standard InChI is InChI=1S/C30H27ClN4O/c31-22-5-6-23-21(7-8-32-27(23)12-22)17-33-35-29(36)28-13-25(24-3-1-2-4-26(24)34-28)30-14-18-9-19(15-30)11-20(10-18)16-30/h1-8,12-13,17-20H,9-11,14-16H2,(H,35,36)/b33-17+. The number of para-hydroxylation sites is 1. The number of carbonyl (C=O) groups is 1. The number of amides is 1. The molecule has 8 rings (SSSR count). The number of pyridine rings is 2. The lowest BCUT2D eigenvalue weighted by Gasteiger charge is -2.57. The van der Waals surface area contributed by atoms with Gasteiger partial charge in [-0.15, -0.1) is 0 Å². The van der Waals surface area contributed by atoms with Crippen LogP contribution >= 0.6 is 11.6 Å². The second-order valence-electron chi connectivity index (χ2n) is 11.0. The molecule has 1 N–H and O–H groups in total. The van der Waals surface area contributed by atoms with E-state index in [1.807, 2.05) is 36.4 Å². The largest absolute Gasteiger partial charge is 0.289 e. The van der Waals surface area contributed by atoms with Crippen LogP contribution in [0, 0.1) is 17.8 Å². The van der Waals surface area contributed by atoms with Crippen LogP contribution in [0.3, 0.4) is 0 Å². The lowest BCUT2D eigenvalue weighted by atomic mass is 9.48. The number of nitrogens with zero attached hydrogens (tertiary/aromatic N) is 3. The Morgan fingerprint density at radius 2 is 1.69 bits per heavy atom. The van der Waals surface area contributed by atoms with E-state index in [2.05, 4.69) is 33.7 Å². The van der Waals surface area contributed by atoms with E-state index < -0.39 is 0 Å². The first-order chi connectivity index (χ1) is 17.6. The van der Waals surface area contributed by atoms with Gasteiger partial charge in [-0.1, -0.05) is 35.9 Å². The van der Waals surface area contributed by atoms with Crippen LogP contribution in [0.5, 0.6) is 0 Å². The molecule has 5 nitrogen and oxygen atoms in total. The van der Waals surface area contributed by atoms with Crippen molar-refractivity contribution in [2.24, 2.45) is 22.9 Å². The highest BCUT2D eigenvalue weighted by Gasteiger charge is 2.52. The average molecular weight is 495 g/mol. The number of aromatic nitrogens is 2. The Balaban J connectivity index is 1.22. The van der Waals surface area contributed by atoms with Crippen molar-refractivity contribution < 1.29 is 4.79 Å². The number of hydrogen-bond acceptors (Lipinski definition) is 4. The minimum Gasteiger partial charge on any atom is -0.266 e. The third kappa shape index (κ3) is 3.68. The molecule has 2 aromatic carbocycles. The van der Waals surface area contributed by atoms with Gasteiger partial charge in [0, 0.05) is 27.6 Å². The second kappa shape index (κ2) is 8.38. The van der Waals surface area contributed by atoms with Gasteiger partial charge in [0.2, 0.25) is 0 Å². The van der Waals surface area contributed by atoms with Crippen LogP contribution in [0.15, 0.2) is 65.9 Å². The zero-order chi connectivity index (χ0) is 24.3. The first-order valence-corrected chi connectivity index (χ1v) is 13.2. The zero-order valence-corrected chi connectivity index (χ0v) is 20.7. The van der Waals surface area contributed by atoms with Crippen LogP contribution in [0.25, 0.3) is 21.8 Å². The molecule has 0 spiro atoms. The number of halogens is 1. The van der Waals surface area contributed by atoms with Gasteiger partial charge in [0.1, 0.15) is 5.69 Å². The molecule has 1 amide bonds. The van der Waals surface area contributed by atoms with Crippen molar-refractivity contribution in [3.05, 3.63) is 82.6 Å². The molecular weight excluding hydrogens is 468 g/mol. The summed E-state index contributed by atoms with van der Waals surface area (Å²) in [6.07, 6.45) is 11.3. The van der Waals surface area contributed by atoms with Gasteiger partial charge in [0.15, 0.2) is 0 Å². The Kier molecular flexibility index (Phi) is 5.10. The molecule has 4 aromatic rings. The molecule has 2 aromatic heterocycles. The maximum absolute atomic E-state index is 13.2. The number of rotatable bonds is 4. The van der Waals surface area contributed by atoms with E-state index in [0.29, 0.717) is 10.7 Å². The summed E-state index contributed by atoms with van der Waals surface area (Å²) in [7, 11) is 0. The molecule has 4 fully saturated rings. The molecule has 4 aliphatic carbocycles. The van der Waals surface area contributed by atoms with Crippen molar-refractivity contribution in [3.8, 4) is 0 Å². The minimum absolute atomic E-state index is 0.173. The van der Waals surface area contributed by atoms with Gasteiger partial charge in [-0.05, 0) is 97.6 Å². The van der Waals surface area contributed by atoms with E-state index in [1.165, 1.54) is 49.5 Å². The molecule has 0 saturated heterocycles. The van der Waals surface area contributed by atoms with E-state index in [4.69, 9.17) is 16.6 Å². The molecular formula is C30H27ClN4O. The zero-order valence-electron chi connectivity index (χ0n) is 20.0. The van der Waals surface area contributed by atoms with Gasteiger partial charge in [-0.2, -0.15) is 5.10 Å². The van der Waals surface area contributed by atoms with Crippen LogP contribution < -0.4 is 5.43 Å². The summed E-state index contributed by atoms with van der Waals surface area (Å²) in [5, 5.41) is 7.02. The van der Waals surface area contributed by atoms with Gasteiger partial charge in [0.05, 0.1) is 17.2 Å². The summed E-state index contributed by atoms with van der Waals surface area (Å²) < 4.78 is 0. The topological polar surface area (TPSA) is 67.2 Å². The number of hydrogen-bond donors (Lipinski definition) is 1. The van der Waals surface area contributed by atoms with Gasteiger partial charge >= 0.3 is 0 Å². The number of hydrazone groups is 1. The van der Waals surface area contributed by atoms with Crippen molar-refractivity contribution in [1.29, 1.82) is 0 Å². The van der Waals surface area contributed by atoms with E-state index in [9.17, 15) is 4.79 Å². The molecule has 6 heteroatoms. The van der Waals surface area contributed by atoms with Crippen molar-refractivity contribution in [3.63, 3.8) is 0 Å². The Morgan fingerprint density at radius 1 is 0.944 bits per heavy atom. The molecule has 0 atom stereocenters. The fourth-order valence-corrected chi connectivity index (χ4v) is 7.81. The Hall–Kier alpha value is -3.31. The maximum Gasteiger partial charge on any atom is 0.289 e. The Labute approximate surface area is 215 Å². The third-order valence-electron chi connectivity index (χ3n) is 8.67. The fraction of sp³-hybridized carbons (Fsp3) is 0.333. The van der Waals surface area contributed by atoms with Gasteiger partial charge in [0.25, 0.3) is 5.91 Å². The van der Waals surface area contributed by atoms with E-state index in [1.54, 1.807) is 12.4 Å². The second-order valence-corrected chi connectivity index (χ2v) is 11.5. The smallest absolute Gasteiger partial charge is 0.266 e. The third-order valence-corrected chi connectivity index (χ3v) is 8.90. The maximum atomic E-state index is 13.2. The molecule has 4 aliphatic rings. The molecule has 0 unspecified atom stereocenters. The van der Waals surface area contributed by atoms with E-state index in [0.717, 1.165) is 39.7 Å². The normalized spacial score (nSPS) is 26.8. The number of benzene rings is 2. The lowest BCUT2D eigenvalue weighted by molar-refractivity contribution is -0.00453. The lowest BCUT2D eigenvalue weighted by Crippen LogP contribution is -2.48. The molecule has 0 aliphatic heterocycles. The summed E-state index contributed by atoms with van der Waals surface area (Å²) >= 11 is 6.10. The minimum atomic E-state index is -0.288. The number of nitrogens with one attached hydrogen (secondary N) is 1. The molecule has 4 bridgehead atoms. The van der Waals surface area contributed by atoms with Crippen LogP contribution in [-0.4, -0.2) is 22.1 Å². The summed E-state index contributed by atoms with van der Waals surface area (Å²) in [6, 6.07) is 17.8.